The Balaban J connectivity index is 1.66. The fourth-order valence-corrected chi connectivity index (χ4v) is 3.36. The van der Waals surface area contributed by atoms with E-state index in [1.54, 1.807) is 4.90 Å². The van der Waals surface area contributed by atoms with E-state index in [-0.39, 0.29) is 18.4 Å². The van der Waals surface area contributed by atoms with E-state index in [4.69, 9.17) is 4.74 Å². The molecule has 7 heteroatoms. The van der Waals surface area contributed by atoms with Crippen molar-refractivity contribution < 1.29 is 19.1 Å². The van der Waals surface area contributed by atoms with Crippen molar-refractivity contribution in [2.24, 2.45) is 0 Å². The molecule has 1 saturated carbocycles. The molecular formula is C14H21N3O4. The van der Waals surface area contributed by atoms with Crippen LogP contribution < -0.4 is 5.32 Å². The first-order chi connectivity index (χ1) is 10.1. The van der Waals surface area contributed by atoms with Crippen LogP contribution in [0.15, 0.2) is 0 Å². The topological polar surface area (TPSA) is 79.0 Å². The number of hydrogen-bond donors (Lipinski definition) is 1. The molecule has 3 aliphatic rings. The molecule has 0 aromatic carbocycles. The molecule has 0 atom stereocenters. The lowest BCUT2D eigenvalue weighted by atomic mass is 9.82. The van der Waals surface area contributed by atoms with Crippen LogP contribution in [-0.2, 0) is 14.3 Å². The zero-order valence-corrected chi connectivity index (χ0v) is 12.1. The summed E-state index contributed by atoms with van der Waals surface area (Å²) >= 11 is 0. The molecule has 2 saturated heterocycles. The number of carbonyl (C=O) groups excluding carboxylic acids is 3. The monoisotopic (exact) mass is 295 g/mol. The number of nitrogens with zero attached hydrogens (tertiary/aromatic N) is 2. The van der Waals surface area contributed by atoms with E-state index in [1.165, 1.54) is 0 Å². The Bertz CT molecular complexity index is 453. The highest BCUT2D eigenvalue weighted by molar-refractivity contribution is 6.09. The summed E-state index contributed by atoms with van der Waals surface area (Å²) in [5.41, 5.74) is -0.749. The minimum Gasteiger partial charge on any atom is -0.378 e. The van der Waals surface area contributed by atoms with Crippen LogP contribution in [0.25, 0.3) is 0 Å². The second-order valence-electron chi connectivity index (χ2n) is 5.96. The van der Waals surface area contributed by atoms with E-state index in [1.807, 2.05) is 0 Å². The minimum atomic E-state index is -0.749. The third-order valence-electron chi connectivity index (χ3n) is 4.61. The second kappa shape index (κ2) is 5.63. The van der Waals surface area contributed by atoms with E-state index in [9.17, 15) is 14.4 Å². The summed E-state index contributed by atoms with van der Waals surface area (Å²) in [5.74, 6) is -0.413. The van der Waals surface area contributed by atoms with Gasteiger partial charge in [0.05, 0.1) is 13.2 Å². The molecule has 0 unspecified atom stereocenters. The Morgan fingerprint density at radius 3 is 2.48 bits per heavy atom. The highest BCUT2D eigenvalue weighted by atomic mass is 16.5. The van der Waals surface area contributed by atoms with Crippen LogP contribution in [0.5, 0.6) is 0 Å². The number of ether oxygens (including phenoxy) is 1. The molecule has 0 aromatic heterocycles. The highest BCUT2D eigenvalue weighted by Gasteiger charge is 2.51. The Kier molecular flexibility index (Phi) is 3.84. The molecule has 116 valence electrons. The van der Waals surface area contributed by atoms with Crippen molar-refractivity contribution >= 4 is 17.8 Å². The number of rotatable bonds is 2. The number of urea groups is 1. The minimum absolute atomic E-state index is 0.160. The maximum absolute atomic E-state index is 12.6. The standard InChI is InChI=1S/C14H21N3O4/c18-11(16-6-8-21-9-7-16)10-17-12(19)14(15-13(17)20)4-2-1-3-5-14/h1-10H2,(H,15,20). The average molecular weight is 295 g/mol. The highest BCUT2D eigenvalue weighted by Crippen LogP contribution is 2.33. The van der Waals surface area contributed by atoms with Crippen molar-refractivity contribution in [3.8, 4) is 0 Å². The maximum atomic E-state index is 12.6. The number of nitrogens with one attached hydrogen (secondary N) is 1. The number of amides is 4. The molecule has 7 nitrogen and oxygen atoms in total. The number of imide groups is 1. The third-order valence-corrected chi connectivity index (χ3v) is 4.61. The first kappa shape index (κ1) is 14.3. The summed E-state index contributed by atoms with van der Waals surface area (Å²) in [5, 5.41) is 2.82. The van der Waals surface area contributed by atoms with E-state index >= 15 is 0 Å². The van der Waals surface area contributed by atoms with Gasteiger partial charge in [-0.3, -0.25) is 14.5 Å². The van der Waals surface area contributed by atoms with Crippen molar-refractivity contribution in [2.45, 2.75) is 37.6 Å². The number of carbonyl (C=O) groups is 3. The summed E-state index contributed by atoms with van der Waals surface area (Å²) in [6.07, 6.45) is 4.34. The molecule has 1 N–H and O–H groups in total. The van der Waals surface area contributed by atoms with Crippen molar-refractivity contribution in [3.63, 3.8) is 0 Å². The van der Waals surface area contributed by atoms with Crippen LogP contribution in [-0.4, -0.2) is 66.0 Å². The summed E-state index contributed by atoms with van der Waals surface area (Å²) in [4.78, 5) is 39.6. The molecule has 0 aromatic rings. The molecule has 21 heavy (non-hydrogen) atoms. The van der Waals surface area contributed by atoms with Gasteiger partial charge in [0, 0.05) is 13.1 Å². The maximum Gasteiger partial charge on any atom is 0.325 e. The quantitative estimate of drug-likeness (QED) is 0.733. The lowest BCUT2D eigenvalue weighted by Crippen LogP contribution is -2.50. The lowest BCUT2D eigenvalue weighted by molar-refractivity contribution is -0.141. The molecule has 0 bridgehead atoms. The molecule has 2 heterocycles. The van der Waals surface area contributed by atoms with Crippen LogP contribution >= 0.6 is 0 Å². The van der Waals surface area contributed by atoms with E-state index in [2.05, 4.69) is 5.32 Å². The van der Waals surface area contributed by atoms with Crippen molar-refractivity contribution in [1.82, 2.24) is 15.1 Å². The average Bonchev–Trinajstić information content (AvgIpc) is 2.73. The lowest BCUT2D eigenvalue weighted by Gasteiger charge is -2.31. The zero-order valence-electron chi connectivity index (χ0n) is 12.1. The smallest absolute Gasteiger partial charge is 0.325 e. The summed E-state index contributed by atoms with van der Waals surface area (Å²) in [7, 11) is 0. The van der Waals surface area contributed by atoms with Crippen LogP contribution in [0.2, 0.25) is 0 Å². The summed E-state index contributed by atoms with van der Waals surface area (Å²) in [6.45, 7) is 1.90. The van der Waals surface area contributed by atoms with Gasteiger partial charge in [-0.05, 0) is 12.8 Å². The molecule has 4 amide bonds. The summed E-state index contributed by atoms with van der Waals surface area (Å²) < 4.78 is 5.20. The van der Waals surface area contributed by atoms with Gasteiger partial charge in [0.15, 0.2) is 0 Å². The van der Waals surface area contributed by atoms with Gasteiger partial charge in [0.2, 0.25) is 5.91 Å². The van der Waals surface area contributed by atoms with E-state index in [0.29, 0.717) is 39.1 Å². The van der Waals surface area contributed by atoms with Crippen molar-refractivity contribution in [2.75, 3.05) is 32.8 Å². The third kappa shape index (κ3) is 2.62. The second-order valence-corrected chi connectivity index (χ2v) is 5.96. The van der Waals surface area contributed by atoms with Crippen LogP contribution in [0.1, 0.15) is 32.1 Å². The first-order valence-corrected chi connectivity index (χ1v) is 7.62. The van der Waals surface area contributed by atoms with Gasteiger partial charge in [-0.15, -0.1) is 0 Å². The molecule has 2 aliphatic heterocycles. The number of morpholine rings is 1. The first-order valence-electron chi connectivity index (χ1n) is 7.62. The van der Waals surface area contributed by atoms with Gasteiger partial charge < -0.3 is 15.0 Å². The van der Waals surface area contributed by atoms with E-state index in [0.717, 1.165) is 24.2 Å². The molecule has 3 fully saturated rings. The molecule has 1 aliphatic carbocycles. The largest absolute Gasteiger partial charge is 0.378 e. The Labute approximate surface area is 123 Å². The van der Waals surface area contributed by atoms with Crippen LogP contribution in [0.3, 0.4) is 0 Å². The van der Waals surface area contributed by atoms with Crippen molar-refractivity contribution in [1.29, 1.82) is 0 Å². The fourth-order valence-electron chi connectivity index (χ4n) is 3.36. The predicted octanol–water partition coefficient (Wildman–Crippen LogP) is 0.0999. The zero-order chi connectivity index (χ0) is 14.9. The fraction of sp³-hybridized carbons (Fsp3) is 0.786. The Morgan fingerprint density at radius 1 is 1.14 bits per heavy atom. The molecule has 0 radical (unpaired) electrons. The summed E-state index contributed by atoms with van der Waals surface area (Å²) in [6, 6.07) is -0.427. The van der Waals surface area contributed by atoms with Crippen molar-refractivity contribution in [3.05, 3.63) is 0 Å². The Hall–Kier alpha value is -1.63. The Morgan fingerprint density at radius 2 is 1.81 bits per heavy atom. The number of hydrogen-bond acceptors (Lipinski definition) is 4. The van der Waals surface area contributed by atoms with Gasteiger partial charge in [-0.25, -0.2) is 4.79 Å². The van der Waals surface area contributed by atoms with Gasteiger partial charge in [0.1, 0.15) is 12.1 Å². The molecule has 1 spiro atoms. The van der Waals surface area contributed by atoms with Gasteiger partial charge in [-0.1, -0.05) is 19.3 Å². The van der Waals surface area contributed by atoms with E-state index < -0.39 is 11.6 Å². The normalized spacial score (nSPS) is 25.3. The molecule has 3 rings (SSSR count). The predicted molar refractivity (Wildman–Crippen MR) is 73.5 cm³/mol. The van der Waals surface area contributed by atoms with Crippen LogP contribution in [0, 0.1) is 0 Å². The van der Waals surface area contributed by atoms with Gasteiger partial charge in [0.25, 0.3) is 5.91 Å². The van der Waals surface area contributed by atoms with Gasteiger partial charge in [-0.2, -0.15) is 0 Å². The molecular weight excluding hydrogens is 274 g/mol. The van der Waals surface area contributed by atoms with Crippen LogP contribution in [0.4, 0.5) is 4.79 Å². The SMILES string of the molecule is O=C(CN1C(=O)NC2(CCCCC2)C1=O)N1CCOCC1. The van der Waals surface area contributed by atoms with Gasteiger partial charge >= 0.3 is 6.03 Å².